The van der Waals surface area contributed by atoms with Crippen LogP contribution in [-0.2, 0) is 29.3 Å². The third-order valence-corrected chi connectivity index (χ3v) is 9.42. The van der Waals surface area contributed by atoms with Gasteiger partial charge in [0, 0.05) is 10.3 Å². The molecule has 0 spiro atoms. The summed E-state index contributed by atoms with van der Waals surface area (Å²) in [5.41, 5.74) is 0.938. The van der Waals surface area contributed by atoms with Gasteiger partial charge in [0.25, 0.3) is 10.0 Å². The lowest BCUT2D eigenvalue weighted by atomic mass is 10.1. The molecule has 8 heteroatoms. The van der Waals surface area contributed by atoms with E-state index >= 15 is 0 Å². The summed E-state index contributed by atoms with van der Waals surface area (Å²) >= 11 is 0. The summed E-state index contributed by atoms with van der Waals surface area (Å²) in [5.74, 6) is -1.51. The van der Waals surface area contributed by atoms with Crippen molar-refractivity contribution < 1.29 is 22.2 Å². The predicted molar refractivity (Wildman–Crippen MR) is 138 cm³/mol. The monoisotopic (exact) mass is 505 g/mol. The van der Waals surface area contributed by atoms with Gasteiger partial charge in [-0.1, -0.05) is 91.0 Å². The number of hydrogen-bond donors (Lipinski definition) is 0. The smallest absolute Gasteiger partial charge is 0.320 e. The van der Waals surface area contributed by atoms with E-state index in [0.29, 0.717) is 10.8 Å². The highest BCUT2D eigenvalue weighted by molar-refractivity contribution is 8.03. The second-order valence-corrected chi connectivity index (χ2v) is 11.6. The van der Waals surface area contributed by atoms with E-state index in [0.717, 1.165) is 5.56 Å². The fraction of sp³-hybridized carbons (Fsp3) is 0.0741. The Labute approximate surface area is 205 Å². The predicted octanol–water partition coefficient (Wildman–Crippen LogP) is 5.31. The number of sulfonamides is 1. The van der Waals surface area contributed by atoms with Crippen molar-refractivity contribution in [1.82, 2.24) is 0 Å². The first-order valence-electron chi connectivity index (χ1n) is 10.8. The van der Waals surface area contributed by atoms with E-state index in [-0.39, 0.29) is 16.4 Å². The lowest BCUT2D eigenvalue weighted by Crippen LogP contribution is -2.20. The van der Waals surface area contributed by atoms with Gasteiger partial charge >= 0.3 is 5.97 Å². The summed E-state index contributed by atoms with van der Waals surface area (Å²) in [6.07, 6.45) is 3.44. The van der Waals surface area contributed by atoms with Gasteiger partial charge in [0.2, 0.25) is 0 Å². The minimum Gasteiger partial charge on any atom is -0.461 e. The van der Waals surface area contributed by atoms with Gasteiger partial charge in [-0.05, 0) is 35.2 Å². The highest BCUT2D eigenvalue weighted by atomic mass is 32.3. The summed E-state index contributed by atoms with van der Waals surface area (Å²) < 4.78 is 49.6. The van der Waals surface area contributed by atoms with Crippen LogP contribution in [0.2, 0.25) is 0 Å². The largest absolute Gasteiger partial charge is 0.461 e. The molecule has 0 saturated heterocycles. The lowest BCUT2D eigenvalue weighted by molar-refractivity contribution is -0.139. The summed E-state index contributed by atoms with van der Waals surface area (Å²) in [4.78, 5) is 12.7. The SMILES string of the molecule is O=C(CS(=O)(=NS(=O)(=O)c1cccc2ccccc12)c1ccccc1)OC/C=C/c1ccccc1. The lowest BCUT2D eigenvalue weighted by Gasteiger charge is -2.11. The molecule has 0 aliphatic carbocycles. The van der Waals surface area contributed by atoms with Crippen molar-refractivity contribution >= 4 is 42.6 Å². The van der Waals surface area contributed by atoms with Gasteiger partial charge in [0.1, 0.15) is 22.1 Å². The van der Waals surface area contributed by atoms with Gasteiger partial charge in [0.05, 0.1) is 4.90 Å². The molecular formula is C27H23NO5S2. The maximum Gasteiger partial charge on any atom is 0.320 e. The molecule has 0 aliphatic rings. The second-order valence-electron chi connectivity index (χ2n) is 7.62. The van der Waals surface area contributed by atoms with E-state index in [1.165, 1.54) is 18.2 Å². The fourth-order valence-electron chi connectivity index (χ4n) is 3.50. The van der Waals surface area contributed by atoms with Crippen LogP contribution in [0.5, 0.6) is 0 Å². The van der Waals surface area contributed by atoms with Crippen LogP contribution in [-0.4, -0.2) is 31.0 Å². The molecule has 1 atom stereocenters. The van der Waals surface area contributed by atoms with Crippen molar-refractivity contribution in [2.45, 2.75) is 9.79 Å². The highest BCUT2D eigenvalue weighted by Gasteiger charge is 2.25. The summed E-state index contributed by atoms with van der Waals surface area (Å²) in [5, 5.41) is 1.17. The third kappa shape index (κ3) is 6.03. The molecule has 1 unspecified atom stereocenters. The van der Waals surface area contributed by atoms with Gasteiger partial charge in [-0.15, -0.1) is 3.77 Å². The molecule has 0 saturated carbocycles. The molecule has 0 fully saturated rings. The summed E-state index contributed by atoms with van der Waals surface area (Å²) in [7, 11) is -8.06. The molecule has 0 N–H and O–H groups in total. The second kappa shape index (κ2) is 10.7. The standard InChI is InChI=1S/C27H23NO5S2/c29-27(33-20-10-13-22-11-3-1-4-12-22)21-34(30,24-16-5-2-6-17-24)28-35(31,32)26-19-9-15-23-14-7-8-18-25(23)26/h1-19H,20-21H2/b13-10+. The quantitative estimate of drug-likeness (QED) is 0.303. The molecule has 0 radical (unpaired) electrons. The van der Waals surface area contributed by atoms with E-state index in [1.54, 1.807) is 66.7 Å². The van der Waals surface area contributed by atoms with Crippen LogP contribution in [0, 0.1) is 0 Å². The van der Waals surface area contributed by atoms with Crippen LogP contribution < -0.4 is 0 Å². The van der Waals surface area contributed by atoms with Gasteiger partial charge in [0.15, 0.2) is 0 Å². The molecule has 0 aliphatic heterocycles. The molecule has 0 aromatic heterocycles. The zero-order valence-electron chi connectivity index (χ0n) is 18.7. The average Bonchev–Trinajstić information content (AvgIpc) is 2.87. The normalized spacial score (nSPS) is 13.4. The third-order valence-electron chi connectivity index (χ3n) is 5.12. The van der Waals surface area contributed by atoms with Crippen LogP contribution in [0.25, 0.3) is 16.8 Å². The van der Waals surface area contributed by atoms with Crippen LogP contribution in [0.4, 0.5) is 0 Å². The first-order chi connectivity index (χ1) is 16.9. The summed E-state index contributed by atoms with van der Waals surface area (Å²) in [6.45, 7) is -0.0475. The van der Waals surface area contributed by atoms with Gasteiger partial charge < -0.3 is 4.74 Å². The Bertz CT molecular complexity index is 1580. The Balaban J connectivity index is 1.64. The number of carbonyl (C=O) groups excluding carboxylic acids is 1. The maximum absolute atomic E-state index is 13.9. The molecule has 4 rings (SSSR count). The van der Waals surface area contributed by atoms with Crippen molar-refractivity contribution in [2.24, 2.45) is 3.77 Å². The highest BCUT2D eigenvalue weighted by Crippen LogP contribution is 2.27. The molecule has 178 valence electrons. The van der Waals surface area contributed by atoms with E-state index < -0.39 is 31.5 Å². The number of benzene rings is 4. The molecule has 0 amide bonds. The Morgan fingerprint density at radius 1 is 0.771 bits per heavy atom. The van der Waals surface area contributed by atoms with Gasteiger partial charge in [-0.25, -0.2) is 4.21 Å². The molecule has 6 nitrogen and oxygen atoms in total. The average molecular weight is 506 g/mol. The number of esters is 1. The van der Waals surface area contributed by atoms with Crippen LogP contribution in [0.1, 0.15) is 5.56 Å². The number of fused-ring (bicyclic) bond motifs is 1. The molecule has 0 bridgehead atoms. The molecule has 4 aromatic carbocycles. The first kappa shape index (κ1) is 24.4. The Hall–Kier alpha value is -3.75. The molecular weight excluding hydrogens is 482 g/mol. The maximum atomic E-state index is 13.9. The van der Waals surface area contributed by atoms with Crippen molar-refractivity contribution in [3.8, 4) is 0 Å². The first-order valence-corrected chi connectivity index (χ1v) is 13.9. The van der Waals surface area contributed by atoms with Crippen molar-refractivity contribution in [1.29, 1.82) is 0 Å². The Kier molecular flexibility index (Phi) is 7.43. The van der Waals surface area contributed by atoms with Crippen LogP contribution in [0.3, 0.4) is 0 Å². The van der Waals surface area contributed by atoms with E-state index in [1.807, 2.05) is 30.3 Å². The minimum absolute atomic E-state index is 0.0475. The van der Waals surface area contributed by atoms with Crippen molar-refractivity contribution in [3.05, 3.63) is 115 Å². The molecule has 0 heterocycles. The van der Waals surface area contributed by atoms with Gasteiger partial charge in [-0.2, -0.15) is 8.42 Å². The van der Waals surface area contributed by atoms with Crippen molar-refractivity contribution in [3.63, 3.8) is 0 Å². The number of rotatable bonds is 8. The van der Waals surface area contributed by atoms with Crippen molar-refractivity contribution in [2.75, 3.05) is 12.4 Å². The number of ether oxygens (including phenoxy) is 1. The van der Waals surface area contributed by atoms with Crippen LogP contribution >= 0.6 is 0 Å². The topological polar surface area (TPSA) is 89.9 Å². The summed E-state index contributed by atoms with van der Waals surface area (Å²) in [6, 6.07) is 29.1. The van der Waals surface area contributed by atoms with Gasteiger partial charge in [-0.3, -0.25) is 4.79 Å². The number of carbonyl (C=O) groups is 1. The number of nitrogens with zero attached hydrogens (tertiary/aromatic N) is 1. The number of hydrogen-bond acceptors (Lipinski definition) is 5. The van der Waals surface area contributed by atoms with E-state index in [2.05, 4.69) is 3.77 Å². The van der Waals surface area contributed by atoms with Crippen LogP contribution in [0.15, 0.2) is 123 Å². The Morgan fingerprint density at radius 3 is 2.14 bits per heavy atom. The minimum atomic E-state index is -4.37. The van der Waals surface area contributed by atoms with E-state index in [9.17, 15) is 17.4 Å². The fourth-order valence-corrected chi connectivity index (χ4v) is 7.51. The zero-order chi connectivity index (χ0) is 24.7. The molecule has 4 aromatic rings. The zero-order valence-corrected chi connectivity index (χ0v) is 20.3. The Morgan fingerprint density at radius 2 is 1.40 bits per heavy atom. The molecule has 35 heavy (non-hydrogen) atoms. The van der Waals surface area contributed by atoms with E-state index in [4.69, 9.17) is 4.74 Å².